The molecule has 1 unspecified atom stereocenters. The van der Waals surface area contributed by atoms with Crippen molar-refractivity contribution in [2.24, 2.45) is 5.92 Å². The summed E-state index contributed by atoms with van der Waals surface area (Å²) in [6.45, 7) is 1.46. The number of carbonyl (C=O) groups excluding carboxylic acids is 2. The molecular formula is C16H20N6O2S. The Morgan fingerprint density at radius 3 is 2.96 bits per heavy atom. The van der Waals surface area contributed by atoms with Crippen molar-refractivity contribution in [3.05, 3.63) is 29.4 Å². The largest absolute Gasteiger partial charge is 0.384 e. The van der Waals surface area contributed by atoms with E-state index >= 15 is 0 Å². The van der Waals surface area contributed by atoms with Crippen molar-refractivity contribution < 1.29 is 9.59 Å². The fourth-order valence-corrected chi connectivity index (χ4v) is 3.36. The Kier molecular flexibility index (Phi) is 5.54. The maximum atomic E-state index is 12.3. The van der Waals surface area contributed by atoms with E-state index in [1.54, 1.807) is 17.8 Å². The van der Waals surface area contributed by atoms with Crippen LogP contribution in [0, 0.1) is 5.92 Å². The highest BCUT2D eigenvalue weighted by atomic mass is 32.1. The summed E-state index contributed by atoms with van der Waals surface area (Å²) in [7, 11) is 0. The number of nitrogens with two attached hydrogens (primary N) is 1. The maximum absolute atomic E-state index is 12.3. The molecule has 0 saturated carbocycles. The van der Waals surface area contributed by atoms with Crippen LogP contribution in [0.3, 0.4) is 0 Å². The zero-order chi connectivity index (χ0) is 17.6. The van der Waals surface area contributed by atoms with E-state index in [1.165, 1.54) is 11.3 Å². The molecule has 25 heavy (non-hydrogen) atoms. The molecule has 9 heteroatoms. The molecule has 0 radical (unpaired) electrons. The second kappa shape index (κ2) is 8.02. The molecule has 0 aliphatic carbocycles. The Morgan fingerprint density at radius 1 is 1.36 bits per heavy atom. The molecule has 3 N–H and O–H groups in total. The van der Waals surface area contributed by atoms with Gasteiger partial charge in [-0.3, -0.25) is 9.59 Å². The zero-order valence-corrected chi connectivity index (χ0v) is 14.5. The molecule has 3 heterocycles. The molecular weight excluding hydrogens is 340 g/mol. The lowest BCUT2D eigenvalue weighted by Crippen LogP contribution is -2.29. The molecule has 132 valence electrons. The quantitative estimate of drug-likeness (QED) is 0.803. The number of nitrogens with zero attached hydrogens (tertiary/aromatic N) is 4. The first kappa shape index (κ1) is 17.3. The molecule has 1 atom stereocenters. The average molecular weight is 360 g/mol. The molecule has 1 aliphatic rings. The van der Waals surface area contributed by atoms with Crippen molar-refractivity contribution in [1.29, 1.82) is 0 Å². The normalized spacial score (nSPS) is 16.8. The van der Waals surface area contributed by atoms with Crippen LogP contribution in [-0.2, 0) is 16.0 Å². The lowest BCUT2D eigenvalue weighted by atomic mass is 10.00. The molecule has 1 fully saturated rings. The van der Waals surface area contributed by atoms with Crippen LogP contribution in [0.4, 0.5) is 10.9 Å². The number of hydrogen-bond donors (Lipinski definition) is 2. The number of nitrogens with one attached hydrogen (secondary N) is 1. The summed E-state index contributed by atoms with van der Waals surface area (Å²) in [4.78, 5) is 30.0. The SMILES string of the molecule is Nc1ccc(CC2CCN(C(=O)CCC(=O)Nc3nncs3)C2)cn1. The first-order valence-corrected chi connectivity index (χ1v) is 9.02. The fraction of sp³-hybridized carbons (Fsp3) is 0.438. The van der Waals surface area contributed by atoms with E-state index in [2.05, 4.69) is 20.5 Å². The van der Waals surface area contributed by atoms with Gasteiger partial charge in [-0.05, 0) is 30.4 Å². The topological polar surface area (TPSA) is 114 Å². The predicted octanol–water partition coefficient (Wildman–Crippen LogP) is 1.33. The van der Waals surface area contributed by atoms with Gasteiger partial charge in [-0.15, -0.1) is 10.2 Å². The number of likely N-dealkylation sites (tertiary alicyclic amines) is 1. The highest BCUT2D eigenvalue weighted by Crippen LogP contribution is 2.22. The van der Waals surface area contributed by atoms with Crippen molar-refractivity contribution in [1.82, 2.24) is 20.1 Å². The van der Waals surface area contributed by atoms with E-state index in [4.69, 9.17) is 5.73 Å². The van der Waals surface area contributed by atoms with Crippen molar-refractivity contribution in [2.45, 2.75) is 25.7 Å². The molecule has 1 saturated heterocycles. The summed E-state index contributed by atoms with van der Waals surface area (Å²) >= 11 is 1.25. The number of amides is 2. The highest BCUT2D eigenvalue weighted by Gasteiger charge is 2.26. The Morgan fingerprint density at radius 2 is 2.24 bits per heavy atom. The number of carbonyl (C=O) groups is 2. The molecule has 3 rings (SSSR count). The van der Waals surface area contributed by atoms with Gasteiger partial charge in [0.1, 0.15) is 11.3 Å². The number of pyridine rings is 1. The monoisotopic (exact) mass is 360 g/mol. The average Bonchev–Trinajstić information content (AvgIpc) is 3.27. The molecule has 0 spiro atoms. The van der Waals surface area contributed by atoms with Gasteiger partial charge in [-0.1, -0.05) is 17.4 Å². The Hall–Kier alpha value is -2.55. The van der Waals surface area contributed by atoms with E-state index < -0.39 is 0 Å². The summed E-state index contributed by atoms with van der Waals surface area (Å²) in [6, 6.07) is 3.77. The lowest BCUT2D eigenvalue weighted by molar-refractivity contribution is -0.132. The van der Waals surface area contributed by atoms with Crippen molar-refractivity contribution in [3.63, 3.8) is 0 Å². The predicted molar refractivity (Wildman–Crippen MR) is 94.8 cm³/mol. The number of hydrogen-bond acceptors (Lipinski definition) is 7. The van der Waals surface area contributed by atoms with Crippen molar-refractivity contribution in [2.75, 3.05) is 24.1 Å². The number of aromatic nitrogens is 3. The molecule has 0 aromatic carbocycles. The molecule has 2 amide bonds. The summed E-state index contributed by atoms with van der Waals surface area (Å²) in [5.41, 5.74) is 8.27. The van der Waals surface area contributed by atoms with Crippen LogP contribution in [0.5, 0.6) is 0 Å². The third-order valence-corrected chi connectivity index (χ3v) is 4.79. The van der Waals surface area contributed by atoms with Crippen LogP contribution in [0.2, 0.25) is 0 Å². The number of nitrogen functional groups attached to an aromatic ring is 1. The van der Waals surface area contributed by atoms with Gasteiger partial charge >= 0.3 is 0 Å². The summed E-state index contributed by atoms with van der Waals surface area (Å²) in [5.74, 6) is 0.738. The summed E-state index contributed by atoms with van der Waals surface area (Å²) < 4.78 is 0. The van der Waals surface area contributed by atoms with Crippen LogP contribution in [0.25, 0.3) is 0 Å². The van der Waals surface area contributed by atoms with Crippen LogP contribution >= 0.6 is 11.3 Å². The number of anilines is 2. The van der Waals surface area contributed by atoms with E-state index in [0.717, 1.165) is 31.5 Å². The smallest absolute Gasteiger partial charge is 0.226 e. The second-order valence-corrected chi connectivity index (χ2v) is 6.92. The fourth-order valence-electron chi connectivity index (χ4n) is 2.90. The standard InChI is InChI=1S/C16H20N6O2S/c17-13-2-1-11(8-18-13)7-12-5-6-22(9-12)15(24)4-3-14(23)20-16-21-19-10-25-16/h1-2,8,10,12H,3-7,9H2,(H2,17,18)(H,20,21,23). The van der Waals surface area contributed by atoms with E-state index in [-0.39, 0.29) is 24.7 Å². The van der Waals surface area contributed by atoms with Gasteiger partial charge in [-0.2, -0.15) is 0 Å². The van der Waals surface area contributed by atoms with Crippen LogP contribution in [0.15, 0.2) is 23.8 Å². The van der Waals surface area contributed by atoms with E-state index in [1.807, 2.05) is 11.0 Å². The van der Waals surface area contributed by atoms with Crippen LogP contribution in [0.1, 0.15) is 24.8 Å². The minimum absolute atomic E-state index is 0.0188. The zero-order valence-electron chi connectivity index (χ0n) is 13.7. The first-order chi connectivity index (χ1) is 12.1. The maximum Gasteiger partial charge on any atom is 0.226 e. The van der Waals surface area contributed by atoms with Crippen molar-refractivity contribution in [3.8, 4) is 0 Å². The number of rotatable bonds is 6. The summed E-state index contributed by atoms with van der Waals surface area (Å²) in [5, 5.41) is 10.5. The van der Waals surface area contributed by atoms with E-state index in [0.29, 0.717) is 16.9 Å². The highest BCUT2D eigenvalue weighted by molar-refractivity contribution is 7.13. The molecule has 0 bridgehead atoms. The first-order valence-electron chi connectivity index (χ1n) is 8.14. The van der Waals surface area contributed by atoms with Crippen LogP contribution in [-0.4, -0.2) is 45.0 Å². The third-order valence-electron chi connectivity index (χ3n) is 4.18. The van der Waals surface area contributed by atoms with Crippen molar-refractivity contribution >= 4 is 34.1 Å². The third kappa shape index (κ3) is 4.96. The minimum Gasteiger partial charge on any atom is -0.384 e. The van der Waals surface area contributed by atoms with Gasteiger partial charge in [0.15, 0.2) is 0 Å². The van der Waals surface area contributed by atoms with Gasteiger partial charge in [0.25, 0.3) is 0 Å². The Labute approximate surface area is 149 Å². The Bertz CT molecular complexity index is 719. The van der Waals surface area contributed by atoms with Gasteiger partial charge in [0, 0.05) is 32.1 Å². The van der Waals surface area contributed by atoms with Gasteiger partial charge < -0.3 is 16.0 Å². The summed E-state index contributed by atoms with van der Waals surface area (Å²) in [6.07, 6.45) is 4.00. The minimum atomic E-state index is -0.214. The lowest BCUT2D eigenvalue weighted by Gasteiger charge is -2.16. The molecule has 2 aromatic rings. The Balaban J connectivity index is 1.41. The van der Waals surface area contributed by atoms with Gasteiger partial charge in [0.2, 0.25) is 16.9 Å². The van der Waals surface area contributed by atoms with Crippen LogP contribution < -0.4 is 11.1 Å². The van der Waals surface area contributed by atoms with Gasteiger partial charge in [-0.25, -0.2) is 4.98 Å². The molecule has 8 nitrogen and oxygen atoms in total. The van der Waals surface area contributed by atoms with E-state index in [9.17, 15) is 9.59 Å². The van der Waals surface area contributed by atoms with Gasteiger partial charge in [0.05, 0.1) is 0 Å². The molecule has 1 aliphatic heterocycles. The molecule has 2 aromatic heterocycles. The second-order valence-electron chi connectivity index (χ2n) is 6.08.